The third kappa shape index (κ3) is 2.20. The van der Waals surface area contributed by atoms with Gasteiger partial charge >= 0.3 is 0 Å². The van der Waals surface area contributed by atoms with Crippen LogP contribution in [-0.2, 0) is 0 Å². The molecule has 1 aromatic carbocycles. The first-order valence-electron chi connectivity index (χ1n) is 6.96. The summed E-state index contributed by atoms with van der Waals surface area (Å²) in [6.45, 7) is 3.99. The number of hydrogen-bond acceptors (Lipinski definition) is 3. The van der Waals surface area contributed by atoms with Crippen LogP contribution in [0.4, 0.5) is 0 Å². The first-order chi connectivity index (χ1) is 9.61. The smallest absolute Gasteiger partial charge is 0.122 e. The van der Waals surface area contributed by atoms with E-state index in [0.717, 1.165) is 28.1 Å². The van der Waals surface area contributed by atoms with Gasteiger partial charge in [0.15, 0.2) is 0 Å². The molecule has 1 N–H and O–H groups in total. The average Bonchev–Trinajstić information content (AvgIpc) is 3.17. The van der Waals surface area contributed by atoms with E-state index < -0.39 is 6.10 Å². The largest absolute Gasteiger partial charge is 0.496 e. The number of aliphatic hydroxyl groups is 1. The maximum Gasteiger partial charge on any atom is 0.122 e. The Hall–Kier alpha value is -1.81. The zero-order chi connectivity index (χ0) is 14.3. The van der Waals surface area contributed by atoms with Gasteiger partial charge in [0.1, 0.15) is 11.9 Å². The number of aromatic nitrogens is 2. The second kappa shape index (κ2) is 4.94. The quantitative estimate of drug-likeness (QED) is 0.931. The van der Waals surface area contributed by atoms with Gasteiger partial charge in [0.05, 0.1) is 25.3 Å². The first-order valence-corrected chi connectivity index (χ1v) is 6.96. The third-order valence-electron chi connectivity index (χ3n) is 3.99. The van der Waals surface area contributed by atoms with Crippen molar-refractivity contribution in [1.82, 2.24) is 9.55 Å². The number of imidazole rings is 1. The second-order valence-corrected chi connectivity index (χ2v) is 5.54. The lowest BCUT2D eigenvalue weighted by Crippen LogP contribution is -2.09. The van der Waals surface area contributed by atoms with Crippen molar-refractivity contribution in [3.05, 3.63) is 47.0 Å². The lowest BCUT2D eigenvalue weighted by molar-refractivity contribution is 0.209. The lowest BCUT2D eigenvalue weighted by atomic mass is 9.98. The molecule has 4 heteroatoms. The van der Waals surface area contributed by atoms with E-state index in [9.17, 15) is 5.11 Å². The van der Waals surface area contributed by atoms with Gasteiger partial charge in [0, 0.05) is 6.04 Å². The number of nitrogens with zero attached hydrogens (tertiary/aromatic N) is 2. The van der Waals surface area contributed by atoms with Gasteiger partial charge in [-0.2, -0.15) is 0 Å². The second-order valence-electron chi connectivity index (χ2n) is 5.54. The summed E-state index contributed by atoms with van der Waals surface area (Å²) < 4.78 is 7.42. The summed E-state index contributed by atoms with van der Waals surface area (Å²) in [7, 11) is 1.67. The van der Waals surface area contributed by atoms with Crippen molar-refractivity contribution in [1.29, 1.82) is 0 Å². The minimum Gasteiger partial charge on any atom is -0.496 e. The Morgan fingerprint density at radius 2 is 2.05 bits per heavy atom. The van der Waals surface area contributed by atoms with Crippen molar-refractivity contribution in [3.8, 4) is 5.75 Å². The molecular weight excluding hydrogens is 252 g/mol. The molecule has 1 saturated carbocycles. The molecule has 1 aliphatic rings. The third-order valence-corrected chi connectivity index (χ3v) is 3.99. The Kier molecular flexibility index (Phi) is 3.26. The van der Waals surface area contributed by atoms with E-state index >= 15 is 0 Å². The van der Waals surface area contributed by atoms with Gasteiger partial charge in [-0.25, -0.2) is 4.98 Å². The molecule has 1 atom stereocenters. The molecule has 0 amide bonds. The first kappa shape index (κ1) is 13.2. The topological polar surface area (TPSA) is 47.3 Å². The number of aryl methyl sites for hydroxylation is 2. The lowest BCUT2D eigenvalue weighted by Gasteiger charge is -2.18. The minimum absolute atomic E-state index is 0.516. The van der Waals surface area contributed by atoms with Crippen molar-refractivity contribution >= 4 is 0 Å². The predicted molar refractivity (Wildman–Crippen MR) is 77.0 cm³/mol. The van der Waals surface area contributed by atoms with E-state index in [1.807, 2.05) is 32.3 Å². The van der Waals surface area contributed by atoms with Crippen LogP contribution in [0.3, 0.4) is 0 Å². The van der Waals surface area contributed by atoms with E-state index in [1.165, 1.54) is 12.8 Å². The molecule has 1 aromatic heterocycles. The molecule has 1 unspecified atom stereocenters. The van der Waals surface area contributed by atoms with E-state index in [2.05, 4.69) is 9.55 Å². The zero-order valence-corrected chi connectivity index (χ0v) is 12.1. The number of ether oxygens (including phenoxy) is 1. The highest BCUT2D eigenvalue weighted by molar-refractivity contribution is 5.44. The van der Waals surface area contributed by atoms with Crippen LogP contribution < -0.4 is 4.74 Å². The molecule has 4 nitrogen and oxygen atoms in total. The molecule has 0 saturated heterocycles. The fraction of sp³-hybridized carbons (Fsp3) is 0.438. The number of aliphatic hydroxyl groups excluding tert-OH is 1. The highest BCUT2D eigenvalue weighted by atomic mass is 16.5. The highest BCUT2D eigenvalue weighted by Crippen LogP contribution is 2.38. The zero-order valence-electron chi connectivity index (χ0n) is 12.1. The van der Waals surface area contributed by atoms with Crippen molar-refractivity contribution in [2.75, 3.05) is 7.11 Å². The fourth-order valence-electron chi connectivity index (χ4n) is 2.67. The van der Waals surface area contributed by atoms with Gasteiger partial charge in [-0.15, -0.1) is 0 Å². The average molecular weight is 272 g/mol. The Balaban J connectivity index is 1.99. The Bertz CT molecular complexity index is 629. The van der Waals surface area contributed by atoms with Crippen LogP contribution in [0.5, 0.6) is 5.75 Å². The molecule has 106 valence electrons. The van der Waals surface area contributed by atoms with Crippen LogP contribution in [0.15, 0.2) is 24.7 Å². The number of rotatable bonds is 4. The molecule has 0 radical (unpaired) electrons. The van der Waals surface area contributed by atoms with Crippen LogP contribution in [0.1, 0.15) is 47.4 Å². The maximum absolute atomic E-state index is 10.7. The van der Waals surface area contributed by atoms with Crippen molar-refractivity contribution < 1.29 is 9.84 Å². The Labute approximate surface area is 119 Å². The predicted octanol–water partition coefficient (Wildman–Crippen LogP) is 2.93. The highest BCUT2D eigenvalue weighted by Gasteiger charge is 2.28. The molecule has 20 heavy (non-hydrogen) atoms. The van der Waals surface area contributed by atoms with E-state index in [-0.39, 0.29) is 0 Å². The van der Waals surface area contributed by atoms with Gasteiger partial charge in [-0.05, 0) is 55.5 Å². The summed E-state index contributed by atoms with van der Waals surface area (Å²) in [4.78, 5) is 4.19. The SMILES string of the molecule is COc1cc(C)c(C(O)c2cncn2C2CC2)cc1C. The van der Waals surface area contributed by atoms with E-state index in [0.29, 0.717) is 6.04 Å². The number of methoxy groups -OCH3 is 1. The summed E-state index contributed by atoms with van der Waals surface area (Å²) >= 11 is 0. The van der Waals surface area contributed by atoms with Gasteiger partial charge in [-0.3, -0.25) is 0 Å². The molecule has 0 spiro atoms. The number of hydrogen-bond donors (Lipinski definition) is 1. The molecule has 0 bridgehead atoms. The van der Waals surface area contributed by atoms with Crippen molar-refractivity contribution in [2.24, 2.45) is 0 Å². The van der Waals surface area contributed by atoms with Crippen molar-refractivity contribution in [2.45, 2.75) is 38.8 Å². The Morgan fingerprint density at radius 1 is 1.30 bits per heavy atom. The van der Waals surface area contributed by atoms with Gasteiger partial charge in [0.25, 0.3) is 0 Å². The summed E-state index contributed by atoms with van der Waals surface area (Å²) in [5.41, 5.74) is 3.86. The molecule has 1 heterocycles. The van der Waals surface area contributed by atoms with Crippen LogP contribution >= 0.6 is 0 Å². The molecule has 2 aromatic rings. The van der Waals surface area contributed by atoms with Gasteiger partial charge in [-0.1, -0.05) is 0 Å². The van der Waals surface area contributed by atoms with Crippen LogP contribution in [0, 0.1) is 13.8 Å². The van der Waals surface area contributed by atoms with Crippen LogP contribution in [-0.4, -0.2) is 21.8 Å². The molecular formula is C16H20N2O2. The summed E-state index contributed by atoms with van der Waals surface area (Å²) in [6, 6.07) is 4.50. The summed E-state index contributed by atoms with van der Waals surface area (Å²) in [5.74, 6) is 0.856. The van der Waals surface area contributed by atoms with E-state index in [4.69, 9.17) is 4.74 Å². The molecule has 0 aliphatic heterocycles. The fourth-order valence-corrected chi connectivity index (χ4v) is 2.67. The normalized spacial score (nSPS) is 16.2. The van der Waals surface area contributed by atoms with E-state index in [1.54, 1.807) is 13.3 Å². The summed E-state index contributed by atoms with van der Waals surface area (Å²) in [5, 5.41) is 10.7. The standard InChI is InChI=1S/C16H20N2O2/c1-10-7-15(20-3)11(2)6-13(10)16(19)14-8-17-9-18(14)12-4-5-12/h6-9,12,16,19H,4-5H2,1-3H3. The maximum atomic E-state index is 10.7. The van der Waals surface area contributed by atoms with Gasteiger partial charge in [0.2, 0.25) is 0 Å². The van der Waals surface area contributed by atoms with Crippen LogP contribution in [0.2, 0.25) is 0 Å². The van der Waals surface area contributed by atoms with Crippen molar-refractivity contribution in [3.63, 3.8) is 0 Å². The Morgan fingerprint density at radius 3 is 2.70 bits per heavy atom. The monoisotopic (exact) mass is 272 g/mol. The van der Waals surface area contributed by atoms with Gasteiger partial charge < -0.3 is 14.4 Å². The molecule has 3 rings (SSSR count). The molecule has 1 aliphatic carbocycles. The molecule has 1 fully saturated rings. The summed E-state index contributed by atoms with van der Waals surface area (Å²) in [6.07, 6.45) is 5.31. The number of benzene rings is 1. The van der Waals surface area contributed by atoms with Crippen LogP contribution in [0.25, 0.3) is 0 Å². The minimum atomic E-state index is -0.636.